The quantitative estimate of drug-likeness (QED) is 0.139. The lowest BCUT2D eigenvalue weighted by molar-refractivity contribution is 0.959. The third kappa shape index (κ3) is 2.31. The van der Waals surface area contributed by atoms with Crippen molar-refractivity contribution in [1.82, 2.24) is 9.97 Å². The number of hydrogen-bond acceptors (Lipinski definition) is 6. The standard InChI is InChI=1S/C6H12N10/c7-4(8)15(11)3-1-2-13-6(14-3)16(12)5(9)10/h1-2H,11-12H2,(H3,7,8)(H3,9,10). The molecule has 1 aromatic rings. The summed E-state index contributed by atoms with van der Waals surface area (Å²) < 4.78 is 0. The van der Waals surface area contributed by atoms with Gasteiger partial charge in [-0.2, -0.15) is 4.98 Å². The Balaban J connectivity index is 3.04. The van der Waals surface area contributed by atoms with E-state index >= 15 is 0 Å². The minimum Gasteiger partial charge on any atom is -0.369 e. The molecule has 0 atom stereocenters. The second-order valence-electron chi connectivity index (χ2n) is 2.73. The average molecular weight is 224 g/mol. The molecule has 0 spiro atoms. The molecule has 0 aliphatic carbocycles. The summed E-state index contributed by atoms with van der Waals surface area (Å²) in [5, 5.41) is 15.8. The first-order valence-corrected chi connectivity index (χ1v) is 4.04. The van der Waals surface area contributed by atoms with Gasteiger partial charge < -0.3 is 11.5 Å². The fourth-order valence-corrected chi connectivity index (χ4v) is 0.821. The van der Waals surface area contributed by atoms with E-state index < -0.39 is 11.9 Å². The lowest BCUT2D eigenvalue weighted by atomic mass is 10.5. The van der Waals surface area contributed by atoms with Crippen LogP contribution in [-0.2, 0) is 0 Å². The van der Waals surface area contributed by atoms with Crippen LogP contribution in [0.5, 0.6) is 0 Å². The third-order valence-electron chi connectivity index (χ3n) is 1.61. The molecular weight excluding hydrogens is 212 g/mol. The molecule has 16 heavy (non-hydrogen) atoms. The third-order valence-corrected chi connectivity index (χ3v) is 1.61. The van der Waals surface area contributed by atoms with Crippen LogP contribution in [0.25, 0.3) is 0 Å². The number of nitrogens with one attached hydrogen (secondary N) is 2. The predicted octanol–water partition coefficient (Wildman–Crippen LogP) is -2.38. The summed E-state index contributed by atoms with van der Waals surface area (Å²) in [4.78, 5) is 7.64. The number of guanidine groups is 2. The molecule has 0 aliphatic rings. The highest BCUT2D eigenvalue weighted by Gasteiger charge is 2.11. The summed E-state index contributed by atoms with van der Waals surface area (Å²) in [5.41, 5.74) is 10.3. The van der Waals surface area contributed by atoms with E-state index in [1.165, 1.54) is 12.3 Å². The van der Waals surface area contributed by atoms with Gasteiger partial charge in [0.1, 0.15) is 0 Å². The molecule has 10 heteroatoms. The van der Waals surface area contributed by atoms with Crippen LogP contribution in [0, 0.1) is 10.8 Å². The second kappa shape index (κ2) is 4.37. The van der Waals surface area contributed by atoms with Gasteiger partial charge in [0.05, 0.1) is 0 Å². The first-order valence-electron chi connectivity index (χ1n) is 4.04. The SMILES string of the molecule is N=C(N)N(N)c1ccnc(N(N)C(=N)N)n1. The van der Waals surface area contributed by atoms with Crippen LogP contribution in [0.2, 0.25) is 0 Å². The van der Waals surface area contributed by atoms with Gasteiger partial charge in [-0.05, 0) is 0 Å². The van der Waals surface area contributed by atoms with Crippen LogP contribution < -0.4 is 33.2 Å². The molecule has 0 aliphatic heterocycles. The molecule has 1 heterocycles. The number of hydrazine groups is 2. The summed E-state index contributed by atoms with van der Waals surface area (Å²) in [6.45, 7) is 0. The molecule has 1 aromatic heterocycles. The largest absolute Gasteiger partial charge is 0.369 e. The van der Waals surface area contributed by atoms with Crippen molar-refractivity contribution in [2.24, 2.45) is 23.2 Å². The zero-order valence-corrected chi connectivity index (χ0v) is 8.25. The highest BCUT2D eigenvalue weighted by molar-refractivity contribution is 5.91. The van der Waals surface area contributed by atoms with Crippen LogP contribution in [-0.4, -0.2) is 21.9 Å². The van der Waals surface area contributed by atoms with Gasteiger partial charge in [0.15, 0.2) is 5.82 Å². The van der Waals surface area contributed by atoms with Crippen LogP contribution in [0.15, 0.2) is 12.3 Å². The van der Waals surface area contributed by atoms with Crippen molar-refractivity contribution < 1.29 is 0 Å². The smallest absolute Gasteiger partial charge is 0.249 e. The van der Waals surface area contributed by atoms with Gasteiger partial charge in [-0.25, -0.2) is 26.7 Å². The van der Waals surface area contributed by atoms with Gasteiger partial charge in [-0.3, -0.25) is 10.8 Å². The van der Waals surface area contributed by atoms with Crippen LogP contribution in [0.3, 0.4) is 0 Å². The number of anilines is 2. The maximum Gasteiger partial charge on any atom is 0.249 e. The van der Waals surface area contributed by atoms with Crippen molar-refractivity contribution in [2.45, 2.75) is 0 Å². The summed E-state index contributed by atoms with van der Waals surface area (Å²) >= 11 is 0. The molecule has 0 saturated heterocycles. The van der Waals surface area contributed by atoms with Gasteiger partial charge in [0.25, 0.3) is 0 Å². The maximum atomic E-state index is 7.11. The summed E-state index contributed by atoms with van der Waals surface area (Å²) in [6, 6.07) is 1.43. The van der Waals surface area contributed by atoms with Crippen molar-refractivity contribution in [1.29, 1.82) is 10.8 Å². The normalized spacial score (nSPS) is 9.62. The van der Waals surface area contributed by atoms with Crippen LogP contribution >= 0.6 is 0 Å². The fourth-order valence-electron chi connectivity index (χ4n) is 0.821. The Hall–Kier alpha value is -2.46. The van der Waals surface area contributed by atoms with Crippen molar-refractivity contribution in [2.75, 3.05) is 10.0 Å². The van der Waals surface area contributed by atoms with Gasteiger partial charge >= 0.3 is 0 Å². The van der Waals surface area contributed by atoms with E-state index in [1.54, 1.807) is 0 Å². The molecular formula is C6H12N10. The minimum absolute atomic E-state index is 0.0262. The van der Waals surface area contributed by atoms with E-state index in [0.717, 1.165) is 10.0 Å². The average Bonchev–Trinajstić information content (AvgIpc) is 2.26. The molecule has 10 N–H and O–H groups in total. The summed E-state index contributed by atoms with van der Waals surface area (Å²) in [7, 11) is 0. The molecule has 10 nitrogen and oxygen atoms in total. The predicted molar refractivity (Wildman–Crippen MR) is 59.2 cm³/mol. The van der Waals surface area contributed by atoms with Gasteiger partial charge in [0, 0.05) is 12.3 Å². The van der Waals surface area contributed by atoms with Crippen molar-refractivity contribution in [3.05, 3.63) is 12.3 Å². The Morgan fingerprint density at radius 3 is 2.19 bits per heavy atom. The van der Waals surface area contributed by atoms with Gasteiger partial charge in [0.2, 0.25) is 17.9 Å². The van der Waals surface area contributed by atoms with Crippen LogP contribution in [0.1, 0.15) is 0 Å². The van der Waals surface area contributed by atoms with Gasteiger partial charge in [-0.1, -0.05) is 0 Å². The number of nitrogens with two attached hydrogens (primary N) is 4. The molecule has 0 radical (unpaired) electrons. The zero-order valence-electron chi connectivity index (χ0n) is 8.25. The van der Waals surface area contributed by atoms with Gasteiger partial charge in [-0.15, -0.1) is 0 Å². The molecule has 0 fully saturated rings. The first kappa shape index (κ1) is 11.6. The monoisotopic (exact) mass is 224 g/mol. The highest BCUT2D eigenvalue weighted by Crippen LogP contribution is 2.09. The maximum absolute atomic E-state index is 7.11. The lowest BCUT2D eigenvalue weighted by Gasteiger charge is -2.18. The molecule has 1 rings (SSSR count). The van der Waals surface area contributed by atoms with E-state index in [1.807, 2.05) is 0 Å². The Bertz CT molecular complexity index is 378. The zero-order chi connectivity index (χ0) is 12.3. The molecule has 0 amide bonds. The summed E-state index contributed by atoms with van der Waals surface area (Å²) in [5.74, 6) is 10.1. The Morgan fingerprint density at radius 1 is 1.12 bits per heavy atom. The Labute approximate surface area is 90.8 Å². The van der Waals surface area contributed by atoms with Crippen LogP contribution in [0.4, 0.5) is 11.8 Å². The van der Waals surface area contributed by atoms with E-state index in [2.05, 4.69) is 9.97 Å². The minimum atomic E-state index is -0.427. The molecule has 0 saturated carbocycles. The first-order chi connectivity index (χ1) is 7.43. The lowest BCUT2D eigenvalue weighted by Crippen LogP contribution is -2.45. The number of nitrogens with zero attached hydrogens (tertiary/aromatic N) is 4. The molecule has 0 unspecified atom stereocenters. The van der Waals surface area contributed by atoms with E-state index in [0.29, 0.717) is 0 Å². The Kier molecular flexibility index (Phi) is 3.17. The highest BCUT2D eigenvalue weighted by atomic mass is 15.5. The number of rotatable bonds is 2. The van der Waals surface area contributed by atoms with E-state index in [9.17, 15) is 0 Å². The summed E-state index contributed by atoms with van der Waals surface area (Å²) in [6.07, 6.45) is 1.35. The van der Waals surface area contributed by atoms with E-state index in [-0.39, 0.29) is 11.8 Å². The Morgan fingerprint density at radius 2 is 1.69 bits per heavy atom. The molecule has 0 aromatic carbocycles. The van der Waals surface area contributed by atoms with Crippen molar-refractivity contribution in [3.8, 4) is 0 Å². The number of aromatic nitrogens is 2. The second-order valence-corrected chi connectivity index (χ2v) is 2.73. The van der Waals surface area contributed by atoms with Crippen molar-refractivity contribution >= 4 is 23.7 Å². The van der Waals surface area contributed by atoms with Crippen molar-refractivity contribution in [3.63, 3.8) is 0 Å². The molecule has 86 valence electrons. The van der Waals surface area contributed by atoms with E-state index in [4.69, 9.17) is 34.0 Å². The fraction of sp³-hybridized carbons (Fsp3) is 0. The molecule has 0 bridgehead atoms. The topological polar surface area (TPSA) is 184 Å². The number of hydrogen-bond donors (Lipinski definition) is 6.